The molecule has 0 bridgehead atoms. The Kier molecular flexibility index (Phi) is 1.10. The summed E-state index contributed by atoms with van der Waals surface area (Å²) in [4.78, 5) is 7.45. The maximum absolute atomic E-state index is 7.69. The predicted octanol–water partition coefficient (Wildman–Crippen LogP) is 2.97. The zero-order chi connectivity index (χ0) is 12.7. The van der Waals surface area contributed by atoms with Crippen molar-refractivity contribution in [2.24, 2.45) is 0 Å². The van der Waals surface area contributed by atoms with Crippen molar-refractivity contribution >= 4 is 27.3 Å². The number of pyridine rings is 1. The molecule has 60 valence electrons. The standard InChI is InChI=1S/C8H5BrN2S/c9-8-11-7(5-12-8)6-1-3-10-4-2-6/h1-5H/i1D,2D,3D,4D,5D. The number of nitrogens with zero attached hydrogens (tertiary/aromatic N) is 2. The molecule has 0 spiro atoms. The molecule has 0 fully saturated rings. The van der Waals surface area contributed by atoms with Gasteiger partial charge in [-0.05, 0) is 28.0 Å². The molecule has 2 aromatic rings. The first-order valence-electron chi connectivity index (χ1n) is 5.49. The SMILES string of the molecule is [2H]c1nc([2H])c([2H])c(-c2nc(Br)sc2[2H])c1[2H]. The van der Waals surface area contributed by atoms with Crippen molar-refractivity contribution in [1.82, 2.24) is 9.97 Å². The van der Waals surface area contributed by atoms with Gasteiger partial charge in [-0.25, -0.2) is 4.98 Å². The lowest BCUT2D eigenvalue weighted by molar-refractivity contribution is 1.31. The third kappa shape index (κ3) is 1.54. The first-order valence-corrected chi connectivity index (χ1v) is 4.60. The van der Waals surface area contributed by atoms with Crippen molar-refractivity contribution in [3.05, 3.63) is 33.7 Å². The largest absolute Gasteiger partial charge is 0.265 e. The average Bonchev–Trinajstić information content (AvgIpc) is 2.56. The van der Waals surface area contributed by atoms with Crippen LogP contribution in [0.4, 0.5) is 0 Å². The van der Waals surface area contributed by atoms with E-state index in [0.717, 1.165) is 11.3 Å². The summed E-state index contributed by atoms with van der Waals surface area (Å²) in [6.07, 6.45) is -0.769. The van der Waals surface area contributed by atoms with E-state index >= 15 is 0 Å². The van der Waals surface area contributed by atoms with Gasteiger partial charge in [-0.3, -0.25) is 4.98 Å². The molecular formula is C8H5BrN2S. The molecule has 4 heteroatoms. The number of hydrogen-bond acceptors (Lipinski definition) is 3. The van der Waals surface area contributed by atoms with Crippen molar-refractivity contribution in [2.75, 3.05) is 0 Å². The molecule has 2 heterocycles. The Hall–Kier alpha value is -0.740. The molecule has 0 aromatic carbocycles. The number of hydrogen-bond donors (Lipinski definition) is 0. The van der Waals surface area contributed by atoms with Crippen LogP contribution in [0.5, 0.6) is 0 Å². The summed E-state index contributed by atoms with van der Waals surface area (Å²) in [5.74, 6) is 0. The van der Waals surface area contributed by atoms with Gasteiger partial charge in [-0.2, -0.15) is 0 Å². The molecule has 12 heavy (non-hydrogen) atoms. The third-order valence-corrected chi connectivity index (χ3v) is 2.36. The first-order chi connectivity index (χ1) is 7.91. The smallest absolute Gasteiger partial charge is 0.159 e. The minimum Gasteiger partial charge on any atom is -0.265 e. The highest BCUT2D eigenvalue weighted by molar-refractivity contribution is 9.11. The molecular weight excluding hydrogens is 236 g/mol. The van der Waals surface area contributed by atoms with Gasteiger partial charge in [0.25, 0.3) is 0 Å². The summed E-state index contributed by atoms with van der Waals surface area (Å²) >= 11 is 4.18. The minimum absolute atomic E-state index is 0.0157. The molecule has 0 aliphatic heterocycles. The van der Waals surface area contributed by atoms with Crippen LogP contribution in [0.15, 0.2) is 33.7 Å². The Labute approximate surface area is 89.5 Å². The van der Waals surface area contributed by atoms with Gasteiger partial charge >= 0.3 is 0 Å². The average molecular weight is 246 g/mol. The van der Waals surface area contributed by atoms with E-state index in [9.17, 15) is 0 Å². The Balaban J connectivity index is 2.79. The molecule has 0 saturated heterocycles. The number of rotatable bonds is 1. The number of aromatic nitrogens is 2. The molecule has 0 aliphatic rings. The molecule has 0 N–H and O–H groups in total. The number of halogens is 1. The van der Waals surface area contributed by atoms with Gasteiger partial charge in [0, 0.05) is 23.3 Å². The summed E-state index contributed by atoms with van der Waals surface area (Å²) < 4.78 is 38.4. The van der Waals surface area contributed by atoms with Crippen LogP contribution in [0.2, 0.25) is 0 Å². The molecule has 0 radical (unpaired) electrons. The summed E-state index contributed by atoms with van der Waals surface area (Å²) in [5, 5.41) is 0.0869. The lowest BCUT2D eigenvalue weighted by atomic mass is 10.2. The van der Waals surface area contributed by atoms with Crippen LogP contribution in [0.25, 0.3) is 11.3 Å². The maximum atomic E-state index is 7.69. The van der Waals surface area contributed by atoms with Crippen molar-refractivity contribution in [2.45, 2.75) is 0 Å². The monoisotopic (exact) mass is 245 g/mol. The first kappa shape index (κ1) is 3.98. The summed E-state index contributed by atoms with van der Waals surface area (Å²) in [5.41, 5.74) is 0.156. The second-order valence-electron chi connectivity index (χ2n) is 1.88. The Morgan fingerprint density at radius 3 is 2.75 bits per heavy atom. The van der Waals surface area contributed by atoms with Gasteiger partial charge in [0.2, 0.25) is 0 Å². The highest BCUT2D eigenvalue weighted by atomic mass is 79.9. The van der Waals surface area contributed by atoms with E-state index in [4.69, 9.17) is 6.85 Å². The van der Waals surface area contributed by atoms with Crippen LogP contribution in [0, 0.1) is 0 Å². The predicted molar refractivity (Wildman–Crippen MR) is 53.0 cm³/mol. The van der Waals surface area contributed by atoms with Crippen LogP contribution in [0.1, 0.15) is 6.85 Å². The molecule has 0 amide bonds. The quantitative estimate of drug-likeness (QED) is 0.773. The second kappa shape index (κ2) is 3.33. The molecule has 0 saturated carbocycles. The van der Waals surface area contributed by atoms with Crippen LogP contribution < -0.4 is 0 Å². The van der Waals surface area contributed by atoms with Crippen molar-refractivity contribution < 1.29 is 6.85 Å². The fourth-order valence-corrected chi connectivity index (χ4v) is 1.56. The second-order valence-corrected chi connectivity index (χ2v) is 3.95. The minimum atomic E-state index is -0.385. The normalized spacial score (nSPS) is 15.9. The molecule has 0 unspecified atom stereocenters. The van der Waals surface area contributed by atoms with E-state index in [0.29, 0.717) is 3.92 Å². The lowest BCUT2D eigenvalue weighted by Crippen LogP contribution is -1.76. The highest BCUT2D eigenvalue weighted by Gasteiger charge is 2.00. The van der Waals surface area contributed by atoms with E-state index in [1.807, 2.05) is 0 Å². The summed E-state index contributed by atoms with van der Waals surface area (Å²) in [6, 6.07) is -0.561. The highest BCUT2D eigenvalue weighted by Crippen LogP contribution is 2.23. The topological polar surface area (TPSA) is 25.8 Å². The van der Waals surface area contributed by atoms with Crippen molar-refractivity contribution in [1.29, 1.82) is 0 Å². The lowest BCUT2D eigenvalue weighted by Gasteiger charge is -1.92. The van der Waals surface area contributed by atoms with Gasteiger partial charge in [0.1, 0.15) is 0 Å². The zero-order valence-electron chi connectivity index (χ0n) is 10.7. The van der Waals surface area contributed by atoms with Gasteiger partial charge in [-0.15, -0.1) is 11.3 Å². The van der Waals surface area contributed by atoms with Crippen LogP contribution in [0.3, 0.4) is 0 Å². The van der Waals surface area contributed by atoms with Gasteiger partial charge in [-0.1, -0.05) is 0 Å². The van der Waals surface area contributed by atoms with Crippen LogP contribution in [-0.4, -0.2) is 9.97 Å². The summed E-state index contributed by atoms with van der Waals surface area (Å²) in [6.45, 7) is 0. The van der Waals surface area contributed by atoms with E-state index in [2.05, 4.69) is 25.9 Å². The number of thiazole rings is 1. The Morgan fingerprint density at radius 1 is 1.42 bits per heavy atom. The fourth-order valence-electron chi connectivity index (χ4n) is 0.676. The van der Waals surface area contributed by atoms with Gasteiger partial charge in [0.15, 0.2) is 3.92 Å². The summed E-state index contributed by atoms with van der Waals surface area (Å²) in [7, 11) is 0. The van der Waals surface area contributed by atoms with Gasteiger partial charge < -0.3 is 0 Å². The Morgan fingerprint density at radius 2 is 2.17 bits per heavy atom. The van der Waals surface area contributed by atoms with E-state index in [1.165, 1.54) is 0 Å². The van der Waals surface area contributed by atoms with Crippen LogP contribution >= 0.6 is 27.3 Å². The van der Waals surface area contributed by atoms with E-state index < -0.39 is 0 Å². The molecule has 2 nitrogen and oxygen atoms in total. The van der Waals surface area contributed by atoms with Gasteiger partial charge in [0.05, 0.1) is 12.5 Å². The Bertz CT molecular complexity index is 574. The van der Waals surface area contributed by atoms with E-state index in [-0.39, 0.29) is 41.0 Å². The third-order valence-electron chi connectivity index (χ3n) is 1.14. The molecule has 2 aromatic heterocycles. The van der Waals surface area contributed by atoms with Crippen LogP contribution in [-0.2, 0) is 0 Å². The molecule has 2 rings (SSSR count). The molecule has 0 aliphatic carbocycles. The molecule has 0 atom stereocenters. The fraction of sp³-hybridized carbons (Fsp3) is 0. The van der Waals surface area contributed by atoms with Crippen molar-refractivity contribution in [3.63, 3.8) is 0 Å². The van der Waals surface area contributed by atoms with E-state index in [1.54, 1.807) is 0 Å². The maximum Gasteiger partial charge on any atom is 0.159 e. The van der Waals surface area contributed by atoms with Crippen molar-refractivity contribution in [3.8, 4) is 11.3 Å². The zero-order valence-corrected chi connectivity index (χ0v) is 8.08.